The lowest BCUT2D eigenvalue weighted by Crippen LogP contribution is -2.45. The molecule has 3 atom stereocenters. The van der Waals surface area contributed by atoms with Crippen molar-refractivity contribution in [3.8, 4) is 5.75 Å². The molecule has 2 aliphatic rings. The van der Waals surface area contributed by atoms with Gasteiger partial charge in [-0.25, -0.2) is 4.79 Å². The summed E-state index contributed by atoms with van der Waals surface area (Å²) in [5.41, 5.74) is 2.69. The minimum atomic E-state index is -0.845. The van der Waals surface area contributed by atoms with Gasteiger partial charge in [0.05, 0.1) is 12.7 Å². The molecule has 0 aliphatic carbocycles. The predicted molar refractivity (Wildman–Crippen MR) is 109 cm³/mol. The Morgan fingerprint density at radius 2 is 1.89 bits per heavy atom. The van der Waals surface area contributed by atoms with Crippen LogP contribution in [-0.2, 0) is 6.54 Å². The first-order valence-electron chi connectivity index (χ1n) is 9.94. The van der Waals surface area contributed by atoms with E-state index >= 15 is 0 Å². The van der Waals surface area contributed by atoms with Gasteiger partial charge in [-0.2, -0.15) is 0 Å². The molecule has 2 heterocycles. The third-order valence-electron chi connectivity index (χ3n) is 6.46. The highest BCUT2D eigenvalue weighted by atomic mass is 16.5. The highest BCUT2D eigenvalue weighted by molar-refractivity contribution is 5.89. The quantitative estimate of drug-likeness (QED) is 0.862. The third kappa shape index (κ3) is 3.64. The smallest absolute Gasteiger partial charge is 0.336 e. The minimum absolute atomic E-state index is 0.417. The second kappa shape index (κ2) is 7.94. The molecule has 2 aromatic carbocycles. The van der Waals surface area contributed by atoms with E-state index in [4.69, 9.17) is 4.74 Å². The highest BCUT2D eigenvalue weighted by Crippen LogP contribution is 2.41. The number of rotatable bonds is 5. The second-order valence-corrected chi connectivity index (χ2v) is 8.04. The molecule has 5 nitrogen and oxygen atoms in total. The molecule has 0 saturated carbocycles. The Hall–Kier alpha value is -2.37. The standard InChI is InChI=1S/C23H28N2O3/c1-24-14-20(16-7-9-18(28-2)10-8-16)21-15-25(12-11-22(21)24)13-17-5-3-4-6-19(17)23(26)27/h3-10,20-22H,11-15H2,1-2H3,(H,26,27)/t20-,21-,22-/m1/s1. The van der Waals surface area contributed by atoms with Gasteiger partial charge in [-0.15, -0.1) is 0 Å². The maximum atomic E-state index is 11.5. The molecule has 2 saturated heterocycles. The van der Waals surface area contributed by atoms with E-state index < -0.39 is 5.97 Å². The number of carbonyl (C=O) groups is 1. The first kappa shape index (κ1) is 19.0. The first-order valence-corrected chi connectivity index (χ1v) is 9.94. The molecule has 4 rings (SSSR count). The Kier molecular flexibility index (Phi) is 5.38. The summed E-state index contributed by atoms with van der Waals surface area (Å²) in [5, 5.41) is 9.48. The van der Waals surface area contributed by atoms with Gasteiger partial charge in [0, 0.05) is 31.6 Å². The largest absolute Gasteiger partial charge is 0.497 e. The van der Waals surface area contributed by atoms with Gasteiger partial charge < -0.3 is 14.7 Å². The van der Waals surface area contributed by atoms with Crippen molar-refractivity contribution in [2.45, 2.75) is 24.9 Å². The summed E-state index contributed by atoms with van der Waals surface area (Å²) in [6.45, 7) is 3.78. The van der Waals surface area contributed by atoms with Crippen LogP contribution in [0.5, 0.6) is 5.75 Å². The number of methoxy groups -OCH3 is 1. The highest BCUT2D eigenvalue weighted by Gasteiger charge is 2.43. The zero-order valence-corrected chi connectivity index (χ0v) is 16.5. The summed E-state index contributed by atoms with van der Waals surface area (Å²) in [5.74, 6) is 1.10. The lowest BCUT2D eigenvalue weighted by Gasteiger charge is -2.38. The van der Waals surface area contributed by atoms with Crippen LogP contribution in [0.1, 0.15) is 33.8 Å². The van der Waals surface area contributed by atoms with E-state index in [1.807, 2.05) is 24.3 Å². The number of aromatic carboxylic acids is 1. The average molecular weight is 380 g/mol. The number of likely N-dealkylation sites (tertiary alicyclic amines) is 2. The normalized spacial score (nSPS) is 25.4. The van der Waals surface area contributed by atoms with Crippen LogP contribution in [-0.4, -0.2) is 60.7 Å². The van der Waals surface area contributed by atoms with Crippen molar-refractivity contribution in [1.82, 2.24) is 9.80 Å². The van der Waals surface area contributed by atoms with Crippen LogP contribution in [0.3, 0.4) is 0 Å². The van der Waals surface area contributed by atoms with Gasteiger partial charge in [-0.1, -0.05) is 30.3 Å². The monoisotopic (exact) mass is 380 g/mol. The molecule has 1 N–H and O–H groups in total. The Balaban J connectivity index is 1.52. The molecule has 28 heavy (non-hydrogen) atoms. The fourth-order valence-corrected chi connectivity index (χ4v) is 5.02. The van der Waals surface area contributed by atoms with Crippen LogP contribution in [0.2, 0.25) is 0 Å². The van der Waals surface area contributed by atoms with Gasteiger partial charge in [0.1, 0.15) is 5.75 Å². The van der Waals surface area contributed by atoms with Gasteiger partial charge in [0.15, 0.2) is 0 Å². The van der Waals surface area contributed by atoms with E-state index in [0.717, 1.165) is 37.4 Å². The fourth-order valence-electron chi connectivity index (χ4n) is 5.02. The van der Waals surface area contributed by atoms with Crippen molar-refractivity contribution in [2.24, 2.45) is 5.92 Å². The van der Waals surface area contributed by atoms with Crippen LogP contribution in [0.4, 0.5) is 0 Å². The van der Waals surface area contributed by atoms with Crippen LogP contribution >= 0.6 is 0 Å². The van der Waals surface area contributed by atoms with Gasteiger partial charge in [-0.05, 0) is 55.3 Å². The van der Waals surface area contributed by atoms with Crippen molar-refractivity contribution in [3.63, 3.8) is 0 Å². The summed E-state index contributed by atoms with van der Waals surface area (Å²) in [7, 11) is 3.93. The van der Waals surface area contributed by atoms with E-state index in [0.29, 0.717) is 30.0 Å². The Labute approximate surface area is 166 Å². The molecule has 0 unspecified atom stereocenters. The third-order valence-corrected chi connectivity index (χ3v) is 6.46. The van der Waals surface area contributed by atoms with Gasteiger partial charge >= 0.3 is 5.97 Å². The lowest BCUT2D eigenvalue weighted by molar-refractivity contribution is 0.0692. The molecule has 0 radical (unpaired) electrons. The van der Waals surface area contributed by atoms with Crippen LogP contribution in [0, 0.1) is 5.92 Å². The maximum Gasteiger partial charge on any atom is 0.336 e. The lowest BCUT2D eigenvalue weighted by atomic mass is 9.81. The second-order valence-electron chi connectivity index (χ2n) is 8.04. The zero-order valence-electron chi connectivity index (χ0n) is 16.5. The van der Waals surface area contributed by atoms with Gasteiger partial charge in [0.2, 0.25) is 0 Å². The summed E-state index contributed by atoms with van der Waals surface area (Å²) in [6, 6.07) is 16.4. The number of hydrogen-bond acceptors (Lipinski definition) is 4. The van der Waals surface area contributed by atoms with Crippen molar-refractivity contribution in [1.29, 1.82) is 0 Å². The number of piperidine rings is 1. The molecule has 0 aromatic heterocycles. The zero-order chi connectivity index (χ0) is 19.7. The average Bonchev–Trinajstić information content (AvgIpc) is 3.04. The molecule has 2 fully saturated rings. The first-order chi connectivity index (χ1) is 13.6. The molecule has 148 valence electrons. The van der Waals surface area contributed by atoms with Gasteiger partial charge in [-0.3, -0.25) is 4.90 Å². The van der Waals surface area contributed by atoms with E-state index in [1.165, 1.54) is 5.56 Å². The number of carboxylic acids is 1. The number of nitrogens with zero attached hydrogens (tertiary/aromatic N) is 2. The Morgan fingerprint density at radius 1 is 1.14 bits per heavy atom. The number of ether oxygens (including phenoxy) is 1. The Bertz CT molecular complexity index is 836. The molecule has 0 bridgehead atoms. The molecule has 2 aromatic rings. The van der Waals surface area contributed by atoms with Crippen molar-refractivity contribution < 1.29 is 14.6 Å². The summed E-state index contributed by atoms with van der Waals surface area (Å²) < 4.78 is 5.31. The number of hydrogen-bond donors (Lipinski definition) is 1. The number of benzene rings is 2. The number of carboxylic acid groups (broad SMARTS) is 1. The SMILES string of the molecule is COc1ccc([C@H]2CN(C)[C@@H]3CCN(Cc4ccccc4C(=O)O)C[C@H]23)cc1. The molecule has 0 spiro atoms. The van der Waals surface area contributed by atoms with Crippen molar-refractivity contribution in [2.75, 3.05) is 33.8 Å². The van der Waals surface area contributed by atoms with E-state index in [1.54, 1.807) is 19.2 Å². The van der Waals surface area contributed by atoms with Crippen LogP contribution < -0.4 is 4.74 Å². The van der Waals surface area contributed by atoms with Crippen molar-refractivity contribution >= 4 is 5.97 Å². The van der Waals surface area contributed by atoms with Crippen LogP contribution in [0.25, 0.3) is 0 Å². The minimum Gasteiger partial charge on any atom is -0.497 e. The number of likely N-dealkylation sites (N-methyl/N-ethyl adjacent to an activating group) is 1. The maximum absolute atomic E-state index is 11.5. The molecular weight excluding hydrogens is 352 g/mol. The van der Waals surface area contributed by atoms with E-state index in [-0.39, 0.29) is 0 Å². The predicted octanol–water partition coefficient (Wildman–Crippen LogP) is 3.31. The van der Waals surface area contributed by atoms with E-state index in [2.05, 4.69) is 29.0 Å². The number of fused-ring (bicyclic) bond motifs is 1. The molecule has 5 heteroatoms. The summed E-state index contributed by atoms with van der Waals surface area (Å²) >= 11 is 0. The van der Waals surface area contributed by atoms with E-state index in [9.17, 15) is 9.90 Å². The summed E-state index contributed by atoms with van der Waals surface area (Å²) in [4.78, 5) is 16.5. The molecule has 2 aliphatic heterocycles. The summed E-state index contributed by atoms with van der Waals surface area (Å²) in [6.07, 6.45) is 1.13. The Morgan fingerprint density at radius 3 is 2.61 bits per heavy atom. The van der Waals surface area contributed by atoms with Crippen LogP contribution in [0.15, 0.2) is 48.5 Å². The topological polar surface area (TPSA) is 53.0 Å². The molecular formula is C23H28N2O3. The fraction of sp³-hybridized carbons (Fsp3) is 0.435. The molecule has 0 amide bonds. The van der Waals surface area contributed by atoms with Gasteiger partial charge in [0.25, 0.3) is 0 Å². The van der Waals surface area contributed by atoms with Crippen molar-refractivity contribution in [3.05, 3.63) is 65.2 Å².